The molecule has 0 aliphatic carbocycles. The lowest BCUT2D eigenvalue weighted by Crippen LogP contribution is -2.48. The molecule has 1 aliphatic rings. The summed E-state index contributed by atoms with van der Waals surface area (Å²) in [5, 5.41) is 6.70. The summed E-state index contributed by atoms with van der Waals surface area (Å²) < 4.78 is 13.4. The van der Waals surface area contributed by atoms with Crippen LogP contribution in [0.4, 0.5) is 4.39 Å². The standard InChI is InChI=1S/C15H24FN3/c1-13(19-10-8-17-9-11-19)6-7-18-12-14-4-2-3-5-15(14)16/h2-5,13,17-18H,6-12H2,1H3. The predicted molar refractivity (Wildman–Crippen MR) is 76.6 cm³/mol. The van der Waals surface area contributed by atoms with E-state index in [1.807, 2.05) is 12.1 Å². The first kappa shape index (κ1) is 14.4. The molecule has 1 saturated heterocycles. The minimum absolute atomic E-state index is 0.120. The summed E-state index contributed by atoms with van der Waals surface area (Å²) >= 11 is 0. The number of hydrogen-bond donors (Lipinski definition) is 2. The lowest BCUT2D eigenvalue weighted by molar-refractivity contribution is 0.176. The molecule has 3 nitrogen and oxygen atoms in total. The van der Waals surface area contributed by atoms with E-state index in [2.05, 4.69) is 22.5 Å². The Labute approximate surface area is 115 Å². The lowest BCUT2D eigenvalue weighted by Gasteiger charge is -2.32. The molecular weight excluding hydrogens is 241 g/mol. The van der Waals surface area contributed by atoms with E-state index >= 15 is 0 Å². The number of benzene rings is 1. The predicted octanol–water partition coefficient (Wildman–Crippen LogP) is 1.60. The van der Waals surface area contributed by atoms with Gasteiger partial charge in [-0.15, -0.1) is 0 Å². The van der Waals surface area contributed by atoms with Crippen LogP contribution in [-0.2, 0) is 6.54 Å². The second-order valence-corrected chi connectivity index (χ2v) is 5.19. The van der Waals surface area contributed by atoms with Crippen LogP contribution in [-0.4, -0.2) is 43.7 Å². The highest BCUT2D eigenvalue weighted by atomic mass is 19.1. The molecule has 1 atom stereocenters. The smallest absolute Gasteiger partial charge is 0.127 e. The van der Waals surface area contributed by atoms with Crippen molar-refractivity contribution in [2.45, 2.75) is 25.9 Å². The van der Waals surface area contributed by atoms with Crippen LogP contribution in [0.2, 0.25) is 0 Å². The third-order valence-corrected chi connectivity index (χ3v) is 3.79. The summed E-state index contributed by atoms with van der Waals surface area (Å²) in [4.78, 5) is 2.52. The number of halogens is 1. The lowest BCUT2D eigenvalue weighted by atomic mass is 10.1. The van der Waals surface area contributed by atoms with Crippen molar-refractivity contribution in [2.24, 2.45) is 0 Å². The molecule has 1 aromatic carbocycles. The van der Waals surface area contributed by atoms with Crippen LogP contribution in [0.15, 0.2) is 24.3 Å². The molecule has 0 saturated carbocycles. The molecule has 1 fully saturated rings. The zero-order valence-electron chi connectivity index (χ0n) is 11.7. The molecule has 106 valence electrons. The molecular formula is C15H24FN3. The van der Waals surface area contributed by atoms with Crippen LogP contribution in [0.5, 0.6) is 0 Å². The first-order valence-electron chi connectivity index (χ1n) is 7.16. The minimum atomic E-state index is -0.120. The third-order valence-electron chi connectivity index (χ3n) is 3.79. The van der Waals surface area contributed by atoms with Crippen LogP contribution in [0.25, 0.3) is 0 Å². The topological polar surface area (TPSA) is 27.3 Å². The van der Waals surface area contributed by atoms with Crippen molar-refractivity contribution in [3.8, 4) is 0 Å². The largest absolute Gasteiger partial charge is 0.314 e. The summed E-state index contributed by atoms with van der Waals surface area (Å²) in [5.41, 5.74) is 0.748. The van der Waals surface area contributed by atoms with Crippen molar-refractivity contribution in [1.29, 1.82) is 0 Å². The maximum absolute atomic E-state index is 13.4. The van der Waals surface area contributed by atoms with Gasteiger partial charge < -0.3 is 10.6 Å². The van der Waals surface area contributed by atoms with E-state index in [1.54, 1.807) is 6.07 Å². The molecule has 1 unspecified atom stereocenters. The Morgan fingerprint density at radius 1 is 1.32 bits per heavy atom. The van der Waals surface area contributed by atoms with E-state index in [0.717, 1.165) is 44.7 Å². The van der Waals surface area contributed by atoms with Gasteiger partial charge in [-0.1, -0.05) is 18.2 Å². The highest BCUT2D eigenvalue weighted by molar-refractivity contribution is 5.16. The number of nitrogens with zero attached hydrogens (tertiary/aromatic N) is 1. The van der Waals surface area contributed by atoms with Gasteiger partial charge in [-0.2, -0.15) is 0 Å². The zero-order chi connectivity index (χ0) is 13.5. The highest BCUT2D eigenvalue weighted by Crippen LogP contribution is 2.07. The van der Waals surface area contributed by atoms with E-state index in [4.69, 9.17) is 0 Å². The average molecular weight is 265 g/mol. The first-order valence-corrected chi connectivity index (χ1v) is 7.16. The van der Waals surface area contributed by atoms with Gasteiger partial charge >= 0.3 is 0 Å². The van der Waals surface area contributed by atoms with Crippen molar-refractivity contribution >= 4 is 0 Å². The number of nitrogens with one attached hydrogen (secondary N) is 2. The monoisotopic (exact) mass is 265 g/mol. The quantitative estimate of drug-likeness (QED) is 0.765. The van der Waals surface area contributed by atoms with Crippen LogP contribution in [0.3, 0.4) is 0 Å². The van der Waals surface area contributed by atoms with E-state index in [1.165, 1.54) is 6.07 Å². The van der Waals surface area contributed by atoms with Gasteiger partial charge in [-0.05, 0) is 26.0 Å². The second kappa shape index (κ2) is 7.58. The van der Waals surface area contributed by atoms with Crippen LogP contribution in [0, 0.1) is 5.82 Å². The fraction of sp³-hybridized carbons (Fsp3) is 0.600. The Hall–Kier alpha value is -0.970. The van der Waals surface area contributed by atoms with Crippen molar-refractivity contribution < 1.29 is 4.39 Å². The van der Waals surface area contributed by atoms with Crippen molar-refractivity contribution in [3.63, 3.8) is 0 Å². The fourth-order valence-corrected chi connectivity index (χ4v) is 2.48. The van der Waals surface area contributed by atoms with E-state index in [0.29, 0.717) is 12.6 Å². The van der Waals surface area contributed by atoms with Crippen molar-refractivity contribution in [1.82, 2.24) is 15.5 Å². The van der Waals surface area contributed by atoms with Gasteiger partial charge in [0.25, 0.3) is 0 Å². The van der Waals surface area contributed by atoms with Crippen molar-refractivity contribution in [2.75, 3.05) is 32.7 Å². The average Bonchev–Trinajstić information content (AvgIpc) is 2.46. The Kier molecular flexibility index (Phi) is 5.76. The van der Waals surface area contributed by atoms with Crippen molar-refractivity contribution in [3.05, 3.63) is 35.6 Å². The SMILES string of the molecule is CC(CCNCc1ccccc1F)N1CCNCC1. The number of piperazine rings is 1. The Bertz CT molecular complexity index is 377. The molecule has 1 heterocycles. The maximum atomic E-state index is 13.4. The third kappa shape index (κ3) is 4.56. The minimum Gasteiger partial charge on any atom is -0.314 e. The molecule has 1 aromatic rings. The van der Waals surface area contributed by atoms with Crippen LogP contribution in [0.1, 0.15) is 18.9 Å². The van der Waals surface area contributed by atoms with Gasteiger partial charge in [0, 0.05) is 44.3 Å². The Morgan fingerprint density at radius 3 is 2.79 bits per heavy atom. The number of hydrogen-bond acceptors (Lipinski definition) is 3. The van der Waals surface area contributed by atoms with Gasteiger partial charge in [0.2, 0.25) is 0 Å². The van der Waals surface area contributed by atoms with Gasteiger partial charge in [0.15, 0.2) is 0 Å². The molecule has 2 N–H and O–H groups in total. The summed E-state index contributed by atoms with van der Waals surface area (Å²) in [6, 6.07) is 7.55. The van der Waals surface area contributed by atoms with E-state index in [-0.39, 0.29) is 5.82 Å². The summed E-state index contributed by atoms with van der Waals surface area (Å²) in [5.74, 6) is -0.120. The molecule has 0 spiro atoms. The van der Waals surface area contributed by atoms with E-state index < -0.39 is 0 Å². The zero-order valence-corrected chi connectivity index (χ0v) is 11.7. The van der Waals surface area contributed by atoms with Gasteiger partial charge in [0.1, 0.15) is 5.82 Å². The Morgan fingerprint density at radius 2 is 2.05 bits per heavy atom. The normalized spacial score (nSPS) is 18.4. The first-order chi connectivity index (χ1) is 9.27. The fourth-order valence-electron chi connectivity index (χ4n) is 2.48. The van der Waals surface area contributed by atoms with E-state index in [9.17, 15) is 4.39 Å². The second-order valence-electron chi connectivity index (χ2n) is 5.19. The maximum Gasteiger partial charge on any atom is 0.127 e. The molecule has 2 rings (SSSR count). The molecule has 4 heteroatoms. The number of rotatable bonds is 6. The van der Waals surface area contributed by atoms with Gasteiger partial charge in [-0.3, -0.25) is 4.90 Å². The molecule has 19 heavy (non-hydrogen) atoms. The molecule has 0 radical (unpaired) electrons. The summed E-state index contributed by atoms with van der Waals surface area (Å²) in [6.07, 6.45) is 1.11. The molecule has 0 aromatic heterocycles. The highest BCUT2D eigenvalue weighted by Gasteiger charge is 2.15. The molecule has 0 amide bonds. The van der Waals surface area contributed by atoms with Crippen LogP contribution >= 0.6 is 0 Å². The summed E-state index contributed by atoms with van der Waals surface area (Å²) in [7, 11) is 0. The summed E-state index contributed by atoms with van der Waals surface area (Å²) in [6.45, 7) is 8.26. The molecule has 0 bridgehead atoms. The van der Waals surface area contributed by atoms with Crippen LogP contribution < -0.4 is 10.6 Å². The van der Waals surface area contributed by atoms with Gasteiger partial charge in [0.05, 0.1) is 0 Å². The Balaban J connectivity index is 1.65. The molecule has 1 aliphatic heterocycles. The van der Waals surface area contributed by atoms with Gasteiger partial charge in [-0.25, -0.2) is 4.39 Å².